The molecule has 2 aromatic rings. The van der Waals surface area contributed by atoms with Gasteiger partial charge in [-0.05, 0) is 23.3 Å². The van der Waals surface area contributed by atoms with Gasteiger partial charge < -0.3 is 15.1 Å². The molecule has 0 aliphatic carbocycles. The number of carbonyl (C=O) groups excluding carboxylic acids is 1. The lowest BCUT2D eigenvalue weighted by molar-refractivity contribution is -0.131. The quantitative estimate of drug-likeness (QED) is 0.853. The van der Waals surface area contributed by atoms with Crippen molar-refractivity contribution in [2.24, 2.45) is 0 Å². The molecule has 21 heavy (non-hydrogen) atoms. The van der Waals surface area contributed by atoms with E-state index in [4.69, 9.17) is 5.11 Å². The molecule has 2 rings (SSSR count). The Balaban J connectivity index is 2.03. The standard InChI is InChI=1S/C17H19NO3/c19-11-10-18(13-15-4-2-1-3-5-15)17(21)12-14-6-8-16(20)9-7-14/h1-9,19-20H,10-13H2. The summed E-state index contributed by atoms with van der Waals surface area (Å²) < 4.78 is 0. The maximum absolute atomic E-state index is 12.3. The summed E-state index contributed by atoms with van der Waals surface area (Å²) in [5.41, 5.74) is 1.87. The highest BCUT2D eigenvalue weighted by Crippen LogP contribution is 2.12. The minimum atomic E-state index is -0.0614. The highest BCUT2D eigenvalue weighted by molar-refractivity contribution is 5.78. The van der Waals surface area contributed by atoms with E-state index in [-0.39, 0.29) is 24.7 Å². The Morgan fingerprint density at radius 1 is 0.952 bits per heavy atom. The van der Waals surface area contributed by atoms with Crippen molar-refractivity contribution in [3.63, 3.8) is 0 Å². The number of phenolic OH excluding ortho intramolecular Hbond substituents is 1. The van der Waals surface area contributed by atoms with Crippen molar-refractivity contribution in [2.75, 3.05) is 13.2 Å². The number of rotatable bonds is 6. The molecule has 0 aliphatic rings. The Morgan fingerprint density at radius 2 is 1.62 bits per heavy atom. The van der Waals surface area contributed by atoms with Gasteiger partial charge in [0.15, 0.2) is 0 Å². The number of benzene rings is 2. The van der Waals surface area contributed by atoms with Crippen LogP contribution in [0.4, 0.5) is 0 Å². The van der Waals surface area contributed by atoms with E-state index >= 15 is 0 Å². The fourth-order valence-electron chi connectivity index (χ4n) is 2.12. The zero-order valence-electron chi connectivity index (χ0n) is 11.8. The molecule has 1 amide bonds. The summed E-state index contributed by atoms with van der Waals surface area (Å²) in [6, 6.07) is 16.3. The molecule has 0 fully saturated rings. The molecular formula is C17H19NO3. The predicted molar refractivity (Wildman–Crippen MR) is 80.8 cm³/mol. The lowest BCUT2D eigenvalue weighted by atomic mass is 10.1. The number of hydrogen-bond acceptors (Lipinski definition) is 3. The van der Waals surface area contributed by atoms with Crippen molar-refractivity contribution < 1.29 is 15.0 Å². The lowest BCUT2D eigenvalue weighted by Gasteiger charge is -2.22. The summed E-state index contributed by atoms with van der Waals surface area (Å²) in [4.78, 5) is 14.0. The summed E-state index contributed by atoms with van der Waals surface area (Å²) in [5, 5.41) is 18.4. The summed E-state index contributed by atoms with van der Waals surface area (Å²) >= 11 is 0. The van der Waals surface area contributed by atoms with Crippen LogP contribution in [0.1, 0.15) is 11.1 Å². The van der Waals surface area contributed by atoms with E-state index in [1.54, 1.807) is 29.2 Å². The topological polar surface area (TPSA) is 60.8 Å². The molecule has 110 valence electrons. The number of aromatic hydroxyl groups is 1. The second-order valence-corrected chi connectivity index (χ2v) is 4.87. The average molecular weight is 285 g/mol. The maximum Gasteiger partial charge on any atom is 0.227 e. The van der Waals surface area contributed by atoms with Crippen LogP contribution in [0.2, 0.25) is 0 Å². The number of amides is 1. The van der Waals surface area contributed by atoms with Crippen LogP contribution in [-0.2, 0) is 17.8 Å². The zero-order valence-corrected chi connectivity index (χ0v) is 11.8. The van der Waals surface area contributed by atoms with Gasteiger partial charge in [-0.15, -0.1) is 0 Å². The molecule has 0 atom stereocenters. The molecule has 0 aromatic heterocycles. The molecule has 0 spiro atoms. The van der Waals surface area contributed by atoms with Crippen molar-refractivity contribution in [3.8, 4) is 5.75 Å². The number of carbonyl (C=O) groups is 1. The number of aliphatic hydroxyl groups is 1. The Bertz CT molecular complexity index is 566. The third kappa shape index (κ3) is 4.61. The second-order valence-electron chi connectivity index (χ2n) is 4.87. The van der Waals surface area contributed by atoms with E-state index in [0.717, 1.165) is 11.1 Å². The minimum Gasteiger partial charge on any atom is -0.508 e. The average Bonchev–Trinajstić information content (AvgIpc) is 2.50. The van der Waals surface area contributed by atoms with E-state index in [1.807, 2.05) is 30.3 Å². The Morgan fingerprint density at radius 3 is 2.24 bits per heavy atom. The van der Waals surface area contributed by atoms with Crippen molar-refractivity contribution in [2.45, 2.75) is 13.0 Å². The van der Waals surface area contributed by atoms with E-state index < -0.39 is 0 Å². The van der Waals surface area contributed by atoms with Crippen molar-refractivity contribution in [1.29, 1.82) is 0 Å². The SMILES string of the molecule is O=C(Cc1ccc(O)cc1)N(CCO)Cc1ccccc1. The molecular weight excluding hydrogens is 266 g/mol. The normalized spacial score (nSPS) is 10.3. The molecule has 0 saturated heterocycles. The second kappa shape index (κ2) is 7.45. The zero-order chi connectivity index (χ0) is 15.1. The van der Waals surface area contributed by atoms with Crippen LogP contribution in [0.5, 0.6) is 5.75 Å². The van der Waals surface area contributed by atoms with Crippen molar-refractivity contribution >= 4 is 5.91 Å². The Hall–Kier alpha value is -2.33. The molecule has 2 N–H and O–H groups in total. The smallest absolute Gasteiger partial charge is 0.227 e. The molecule has 0 bridgehead atoms. The van der Waals surface area contributed by atoms with Gasteiger partial charge in [-0.3, -0.25) is 4.79 Å². The first-order valence-electron chi connectivity index (χ1n) is 6.89. The van der Waals surface area contributed by atoms with Gasteiger partial charge >= 0.3 is 0 Å². The number of hydrogen-bond donors (Lipinski definition) is 2. The molecule has 0 saturated carbocycles. The van der Waals surface area contributed by atoms with Gasteiger partial charge in [-0.25, -0.2) is 0 Å². The monoisotopic (exact) mass is 285 g/mol. The van der Waals surface area contributed by atoms with Gasteiger partial charge in [-0.1, -0.05) is 42.5 Å². The van der Waals surface area contributed by atoms with Crippen LogP contribution in [0.25, 0.3) is 0 Å². The fraction of sp³-hybridized carbons (Fsp3) is 0.235. The molecule has 0 radical (unpaired) electrons. The summed E-state index contributed by atoms with van der Waals surface area (Å²) in [6.07, 6.45) is 0.257. The van der Waals surface area contributed by atoms with E-state index in [2.05, 4.69) is 0 Å². The van der Waals surface area contributed by atoms with Gasteiger partial charge in [0, 0.05) is 13.1 Å². The van der Waals surface area contributed by atoms with Crippen molar-refractivity contribution in [1.82, 2.24) is 4.90 Å². The van der Waals surface area contributed by atoms with Gasteiger partial charge in [0.05, 0.1) is 13.0 Å². The predicted octanol–water partition coefficient (Wildman–Crippen LogP) is 1.96. The van der Waals surface area contributed by atoms with Crippen LogP contribution in [-0.4, -0.2) is 34.2 Å². The Labute approximate surface area is 124 Å². The molecule has 0 aliphatic heterocycles. The highest BCUT2D eigenvalue weighted by atomic mass is 16.3. The van der Waals surface area contributed by atoms with E-state index in [1.165, 1.54) is 0 Å². The highest BCUT2D eigenvalue weighted by Gasteiger charge is 2.14. The van der Waals surface area contributed by atoms with Gasteiger partial charge in [0.1, 0.15) is 5.75 Å². The largest absolute Gasteiger partial charge is 0.508 e. The Kier molecular flexibility index (Phi) is 5.35. The molecule has 2 aromatic carbocycles. The number of phenols is 1. The summed E-state index contributed by atoms with van der Waals surface area (Å²) in [5.74, 6) is 0.140. The maximum atomic E-state index is 12.3. The minimum absolute atomic E-state index is 0.0430. The first-order valence-corrected chi connectivity index (χ1v) is 6.89. The molecule has 4 nitrogen and oxygen atoms in total. The summed E-state index contributed by atoms with van der Waals surface area (Å²) in [6.45, 7) is 0.734. The number of aliphatic hydroxyl groups excluding tert-OH is 1. The number of nitrogens with zero attached hydrogens (tertiary/aromatic N) is 1. The molecule has 0 heterocycles. The molecule has 4 heteroatoms. The van der Waals surface area contributed by atoms with E-state index in [9.17, 15) is 9.90 Å². The van der Waals surface area contributed by atoms with Crippen LogP contribution in [0, 0.1) is 0 Å². The first-order chi connectivity index (χ1) is 10.2. The van der Waals surface area contributed by atoms with Crippen molar-refractivity contribution in [3.05, 3.63) is 65.7 Å². The van der Waals surface area contributed by atoms with Gasteiger partial charge in [0.2, 0.25) is 5.91 Å². The lowest BCUT2D eigenvalue weighted by Crippen LogP contribution is -2.34. The third-order valence-corrected chi connectivity index (χ3v) is 3.23. The van der Waals surface area contributed by atoms with Crippen LogP contribution >= 0.6 is 0 Å². The van der Waals surface area contributed by atoms with Crippen LogP contribution in [0.15, 0.2) is 54.6 Å². The molecule has 0 unspecified atom stereocenters. The van der Waals surface area contributed by atoms with Crippen LogP contribution < -0.4 is 0 Å². The first kappa shape index (κ1) is 15.1. The summed E-state index contributed by atoms with van der Waals surface area (Å²) in [7, 11) is 0. The van der Waals surface area contributed by atoms with Gasteiger partial charge in [0.25, 0.3) is 0 Å². The van der Waals surface area contributed by atoms with E-state index in [0.29, 0.717) is 13.1 Å². The van der Waals surface area contributed by atoms with Crippen LogP contribution in [0.3, 0.4) is 0 Å². The fourth-order valence-corrected chi connectivity index (χ4v) is 2.12. The third-order valence-electron chi connectivity index (χ3n) is 3.23. The van der Waals surface area contributed by atoms with Gasteiger partial charge in [-0.2, -0.15) is 0 Å².